The largest absolute Gasteiger partial charge is 0.379 e. The van der Waals surface area contributed by atoms with Crippen molar-refractivity contribution >= 4 is 5.78 Å². The number of carbonyl (C=O) groups excluding carboxylic acids is 1. The second-order valence-corrected chi connectivity index (χ2v) is 8.63. The Morgan fingerprint density at radius 2 is 1.55 bits per heavy atom. The Balaban J connectivity index is 1.50. The molecule has 3 rings (SSSR count). The molecule has 29 heavy (non-hydrogen) atoms. The van der Waals surface area contributed by atoms with Crippen LogP contribution in [0.3, 0.4) is 0 Å². The SMILES string of the molecule is CC(CC(CCCCN1CCOCC1)C(=O)c1ccccc1)CN1CCOCC1. The molecule has 2 unspecified atom stereocenters. The summed E-state index contributed by atoms with van der Waals surface area (Å²) in [5.74, 6) is 0.967. The van der Waals surface area contributed by atoms with Gasteiger partial charge >= 0.3 is 0 Å². The maximum atomic E-state index is 13.2. The summed E-state index contributed by atoms with van der Waals surface area (Å²) in [6.45, 7) is 12.0. The van der Waals surface area contributed by atoms with E-state index in [4.69, 9.17) is 9.47 Å². The number of benzene rings is 1. The van der Waals surface area contributed by atoms with Gasteiger partial charge in [-0.3, -0.25) is 14.6 Å². The number of morpholine rings is 2. The predicted molar refractivity (Wildman–Crippen MR) is 116 cm³/mol. The van der Waals surface area contributed by atoms with E-state index in [1.54, 1.807) is 0 Å². The molecule has 2 fully saturated rings. The van der Waals surface area contributed by atoms with E-state index in [1.165, 1.54) is 0 Å². The number of nitrogens with zero attached hydrogens (tertiary/aromatic N) is 2. The van der Waals surface area contributed by atoms with Gasteiger partial charge in [0.2, 0.25) is 0 Å². The van der Waals surface area contributed by atoms with Gasteiger partial charge in [0.05, 0.1) is 26.4 Å². The Hall–Kier alpha value is -1.27. The van der Waals surface area contributed by atoms with Crippen LogP contribution < -0.4 is 0 Å². The molecule has 162 valence electrons. The van der Waals surface area contributed by atoms with Crippen molar-refractivity contribution in [2.75, 3.05) is 65.7 Å². The van der Waals surface area contributed by atoms with Gasteiger partial charge in [0.15, 0.2) is 5.78 Å². The van der Waals surface area contributed by atoms with Crippen LogP contribution in [0.4, 0.5) is 0 Å². The number of rotatable bonds is 11. The number of carbonyl (C=O) groups is 1. The highest BCUT2D eigenvalue weighted by atomic mass is 16.5. The summed E-state index contributed by atoms with van der Waals surface area (Å²) >= 11 is 0. The number of hydrogen-bond acceptors (Lipinski definition) is 5. The Kier molecular flexibility index (Phi) is 9.61. The monoisotopic (exact) mass is 402 g/mol. The summed E-state index contributed by atoms with van der Waals surface area (Å²) in [7, 11) is 0. The number of unbranched alkanes of at least 4 members (excludes halogenated alkanes) is 1. The Morgan fingerprint density at radius 3 is 2.21 bits per heavy atom. The smallest absolute Gasteiger partial charge is 0.165 e. The third kappa shape index (κ3) is 7.82. The van der Waals surface area contributed by atoms with Crippen LogP contribution in [0.5, 0.6) is 0 Å². The molecule has 0 bridgehead atoms. The first kappa shape index (κ1) is 22.4. The van der Waals surface area contributed by atoms with Crippen molar-refractivity contribution in [3.63, 3.8) is 0 Å². The first-order valence-corrected chi connectivity index (χ1v) is 11.4. The molecule has 0 aromatic heterocycles. The summed E-state index contributed by atoms with van der Waals surface area (Å²) < 4.78 is 10.9. The van der Waals surface area contributed by atoms with Crippen molar-refractivity contribution in [2.45, 2.75) is 32.6 Å². The third-order valence-corrected chi connectivity index (χ3v) is 6.17. The Labute approximate surface area is 176 Å². The van der Waals surface area contributed by atoms with Crippen molar-refractivity contribution in [2.24, 2.45) is 11.8 Å². The molecule has 2 aliphatic heterocycles. The Morgan fingerprint density at radius 1 is 0.931 bits per heavy atom. The van der Waals surface area contributed by atoms with Crippen LogP contribution >= 0.6 is 0 Å². The van der Waals surface area contributed by atoms with E-state index in [0.29, 0.717) is 11.7 Å². The molecule has 2 aliphatic rings. The average Bonchev–Trinajstić information content (AvgIpc) is 2.77. The van der Waals surface area contributed by atoms with Crippen LogP contribution in [-0.4, -0.2) is 81.3 Å². The van der Waals surface area contributed by atoms with Crippen molar-refractivity contribution in [3.05, 3.63) is 35.9 Å². The zero-order valence-corrected chi connectivity index (χ0v) is 18.1. The second kappa shape index (κ2) is 12.4. The van der Waals surface area contributed by atoms with Crippen molar-refractivity contribution in [1.82, 2.24) is 9.80 Å². The molecular weight excluding hydrogens is 364 g/mol. The van der Waals surface area contributed by atoms with Crippen LogP contribution in [0.1, 0.15) is 43.0 Å². The molecule has 5 nitrogen and oxygen atoms in total. The van der Waals surface area contributed by atoms with Crippen LogP contribution in [0, 0.1) is 11.8 Å². The zero-order chi connectivity index (χ0) is 20.3. The molecule has 0 aliphatic carbocycles. The van der Waals surface area contributed by atoms with Crippen LogP contribution in [0.25, 0.3) is 0 Å². The number of ketones is 1. The number of Topliss-reactive ketones (excluding diaryl/α,β-unsaturated/α-hetero) is 1. The van der Waals surface area contributed by atoms with E-state index in [1.807, 2.05) is 30.3 Å². The highest BCUT2D eigenvalue weighted by Gasteiger charge is 2.24. The van der Waals surface area contributed by atoms with Gasteiger partial charge < -0.3 is 9.47 Å². The lowest BCUT2D eigenvalue weighted by atomic mass is 9.85. The van der Waals surface area contributed by atoms with Crippen LogP contribution in [0.15, 0.2) is 30.3 Å². The first-order valence-electron chi connectivity index (χ1n) is 11.4. The quantitative estimate of drug-likeness (QED) is 0.419. The fraction of sp³-hybridized carbons (Fsp3) is 0.708. The third-order valence-electron chi connectivity index (χ3n) is 6.17. The molecule has 0 amide bonds. The van der Waals surface area contributed by atoms with Crippen molar-refractivity contribution < 1.29 is 14.3 Å². The standard InChI is InChI=1S/C24H38N2O3/c1-21(20-26-13-17-29-18-14-26)19-23(24(27)22-7-3-2-4-8-22)9-5-6-10-25-11-15-28-16-12-25/h2-4,7-8,21,23H,5-6,9-20H2,1H3. The molecule has 2 saturated heterocycles. The van der Waals surface area contributed by atoms with Gasteiger partial charge in [-0.25, -0.2) is 0 Å². The molecule has 2 heterocycles. The van der Waals surface area contributed by atoms with E-state index in [-0.39, 0.29) is 5.92 Å². The van der Waals surface area contributed by atoms with E-state index in [2.05, 4.69) is 16.7 Å². The van der Waals surface area contributed by atoms with Crippen LogP contribution in [-0.2, 0) is 9.47 Å². The Bertz CT molecular complexity index is 583. The number of ether oxygens (including phenoxy) is 2. The van der Waals surface area contributed by atoms with E-state index < -0.39 is 0 Å². The van der Waals surface area contributed by atoms with Crippen LogP contribution in [0.2, 0.25) is 0 Å². The lowest BCUT2D eigenvalue weighted by Crippen LogP contribution is -2.39. The van der Waals surface area contributed by atoms with Gasteiger partial charge in [-0.2, -0.15) is 0 Å². The molecule has 0 N–H and O–H groups in total. The maximum absolute atomic E-state index is 13.2. The fourth-order valence-electron chi connectivity index (χ4n) is 4.53. The topological polar surface area (TPSA) is 42.0 Å². The molecule has 0 spiro atoms. The molecule has 2 atom stereocenters. The normalized spacial score (nSPS) is 21.0. The van der Waals surface area contributed by atoms with Gasteiger partial charge in [0.25, 0.3) is 0 Å². The predicted octanol–water partition coefficient (Wildman–Crippen LogP) is 3.35. The van der Waals surface area contributed by atoms with Gasteiger partial charge in [0.1, 0.15) is 0 Å². The van der Waals surface area contributed by atoms with Gasteiger partial charge in [-0.1, -0.05) is 43.7 Å². The summed E-state index contributed by atoms with van der Waals surface area (Å²) in [5.41, 5.74) is 0.865. The van der Waals surface area contributed by atoms with E-state index >= 15 is 0 Å². The van der Waals surface area contributed by atoms with Crippen molar-refractivity contribution in [1.29, 1.82) is 0 Å². The lowest BCUT2D eigenvalue weighted by molar-refractivity contribution is 0.0298. The molecule has 0 radical (unpaired) electrons. The minimum absolute atomic E-state index is 0.123. The highest BCUT2D eigenvalue weighted by Crippen LogP contribution is 2.24. The molecule has 1 aromatic carbocycles. The van der Waals surface area contributed by atoms with E-state index in [9.17, 15) is 4.79 Å². The summed E-state index contributed by atoms with van der Waals surface area (Å²) in [4.78, 5) is 18.2. The molecule has 1 aromatic rings. The lowest BCUT2D eigenvalue weighted by Gasteiger charge is -2.30. The highest BCUT2D eigenvalue weighted by molar-refractivity contribution is 5.97. The maximum Gasteiger partial charge on any atom is 0.165 e. The van der Waals surface area contributed by atoms with Gasteiger partial charge in [-0.05, 0) is 31.7 Å². The second-order valence-electron chi connectivity index (χ2n) is 8.63. The fourth-order valence-corrected chi connectivity index (χ4v) is 4.53. The summed E-state index contributed by atoms with van der Waals surface area (Å²) in [6, 6.07) is 9.86. The first-order chi connectivity index (χ1) is 14.2. The molecule has 0 saturated carbocycles. The van der Waals surface area contributed by atoms with Crippen molar-refractivity contribution in [3.8, 4) is 0 Å². The minimum atomic E-state index is 0.123. The molecule has 5 heteroatoms. The van der Waals surface area contributed by atoms with E-state index in [0.717, 1.165) is 96.9 Å². The zero-order valence-electron chi connectivity index (χ0n) is 18.1. The minimum Gasteiger partial charge on any atom is -0.379 e. The van der Waals surface area contributed by atoms with Gasteiger partial charge in [-0.15, -0.1) is 0 Å². The van der Waals surface area contributed by atoms with Gasteiger partial charge in [0, 0.05) is 44.2 Å². The molecular formula is C24H38N2O3. The summed E-state index contributed by atoms with van der Waals surface area (Å²) in [5, 5.41) is 0. The number of hydrogen-bond donors (Lipinski definition) is 0. The summed E-state index contributed by atoms with van der Waals surface area (Å²) in [6.07, 6.45) is 4.25. The average molecular weight is 403 g/mol.